The molecule has 0 fully saturated rings. The van der Waals surface area contributed by atoms with Crippen molar-refractivity contribution in [2.75, 3.05) is 11.1 Å². The Kier molecular flexibility index (Phi) is 7.83. The Hall–Kier alpha value is -3.13. The molecule has 1 heterocycles. The van der Waals surface area contributed by atoms with Crippen LogP contribution in [0.5, 0.6) is 0 Å². The molecule has 2 amide bonds. The molecule has 3 rings (SSSR count). The van der Waals surface area contributed by atoms with Crippen LogP contribution >= 0.6 is 11.8 Å². The maximum absolute atomic E-state index is 12.4. The highest BCUT2D eigenvalue weighted by Crippen LogP contribution is 2.27. The first-order valence-electron chi connectivity index (χ1n) is 10.1. The van der Waals surface area contributed by atoms with E-state index >= 15 is 0 Å². The van der Waals surface area contributed by atoms with Crippen LogP contribution in [-0.2, 0) is 16.0 Å². The number of primary amides is 1. The SMILES string of the molecule is CC(C)c1ccc(-c2noc(CCC(=O)Nc3ccccc3SCCC(N)=O)n2)cc1. The number of thioether (sulfide) groups is 1. The first-order valence-corrected chi connectivity index (χ1v) is 11.1. The molecule has 0 aliphatic rings. The van der Waals surface area contributed by atoms with Crippen molar-refractivity contribution >= 4 is 29.3 Å². The van der Waals surface area contributed by atoms with Gasteiger partial charge in [-0.15, -0.1) is 11.8 Å². The molecular formula is C23H26N4O3S. The Morgan fingerprint density at radius 3 is 2.55 bits per heavy atom. The summed E-state index contributed by atoms with van der Waals surface area (Å²) in [4.78, 5) is 28.6. The molecule has 7 nitrogen and oxygen atoms in total. The summed E-state index contributed by atoms with van der Waals surface area (Å²) < 4.78 is 5.31. The van der Waals surface area contributed by atoms with Crippen molar-refractivity contribution in [3.63, 3.8) is 0 Å². The van der Waals surface area contributed by atoms with Crippen LogP contribution in [0.15, 0.2) is 57.9 Å². The number of nitrogens with zero attached hydrogens (tertiary/aromatic N) is 2. The second kappa shape index (κ2) is 10.8. The van der Waals surface area contributed by atoms with Crippen LogP contribution in [0.1, 0.15) is 44.1 Å². The van der Waals surface area contributed by atoms with Crippen molar-refractivity contribution in [3.8, 4) is 11.4 Å². The van der Waals surface area contributed by atoms with Gasteiger partial charge in [0.1, 0.15) is 0 Å². The number of anilines is 1. The number of nitrogens with two attached hydrogens (primary N) is 1. The number of nitrogens with one attached hydrogen (secondary N) is 1. The molecule has 3 aromatic rings. The Bertz CT molecular complexity index is 1030. The Labute approximate surface area is 185 Å². The van der Waals surface area contributed by atoms with Gasteiger partial charge in [-0.05, 0) is 23.6 Å². The Morgan fingerprint density at radius 2 is 1.84 bits per heavy atom. The van der Waals surface area contributed by atoms with Gasteiger partial charge >= 0.3 is 0 Å². The molecule has 162 valence electrons. The van der Waals surface area contributed by atoms with Crippen LogP contribution in [0.3, 0.4) is 0 Å². The van der Waals surface area contributed by atoms with Crippen LogP contribution in [-0.4, -0.2) is 27.7 Å². The number of aromatic nitrogens is 2. The second-order valence-electron chi connectivity index (χ2n) is 7.40. The molecule has 0 aliphatic heterocycles. The molecule has 1 aromatic heterocycles. The van der Waals surface area contributed by atoms with Crippen molar-refractivity contribution in [2.24, 2.45) is 5.73 Å². The largest absolute Gasteiger partial charge is 0.370 e. The summed E-state index contributed by atoms with van der Waals surface area (Å²) in [5.41, 5.74) is 8.02. The highest BCUT2D eigenvalue weighted by molar-refractivity contribution is 7.99. The van der Waals surface area contributed by atoms with Gasteiger partial charge in [0.15, 0.2) is 0 Å². The fourth-order valence-electron chi connectivity index (χ4n) is 2.88. The molecule has 2 aromatic carbocycles. The minimum atomic E-state index is -0.344. The molecule has 0 bridgehead atoms. The lowest BCUT2D eigenvalue weighted by atomic mass is 10.0. The number of carbonyl (C=O) groups is 2. The van der Waals surface area contributed by atoms with E-state index in [0.717, 1.165) is 10.5 Å². The molecule has 0 aliphatic carbocycles. The summed E-state index contributed by atoms with van der Waals surface area (Å²) in [6.07, 6.45) is 0.848. The van der Waals surface area contributed by atoms with E-state index in [1.54, 1.807) is 0 Å². The third-order valence-electron chi connectivity index (χ3n) is 4.64. The van der Waals surface area contributed by atoms with E-state index in [4.69, 9.17) is 10.3 Å². The van der Waals surface area contributed by atoms with Gasteiger partial charge in [-0.1, -0.05) is 55.4 Å². The second-order valence-corrected chi connectivity index (χ2v) is 8.53. The van der Waals surface area contributed by atoms with Crippen LogP contribution in [0, 0.1) is 0 Å². The maximum atomic E-state index is 12.4. The van der Waals surface area contributed by atoms with E-state index in [2.05, 4.69) is 41.4 Å². The lowest BCUT2D eigenvalue weighted by Gasteiger charge is -2.10. The normalized spacial score (nSPS) is 10.9. The smallest absolute Gasteiger partial charge is 0.227 e. The molecule has 0 radical (unpaired) electrons. The van der Waals surface area contributed by atoms with Gasteiger partial charge in [-0.25, -0.2) is 0 Å². The van der Waals surface area contributed by atoms with E-state index in [0.29, 0.717) is 35.5 Å². The van der Waals surface area contributed by atoms with Crippen LogP contribution in [0.2, 0.25) is 0 Å². The Morgan fingerprint density at radius 1 is 1.10 bits per heavy atom. The summed E-state index contributed by atoms with van der Waals surface area (Å²) >= 11 is 1.48. The first-order chi connectivity index (χ1) is 14.9. The standard InChI is InChI=1S/C23H26N4O3S/c1-15(2)16-7-9-17(10-8-16)23-26-22(30-27-23)12-11-21(29)25-18-5-3-4-6-19(18)31-14-13-20(24)28/h3-10,15H,11-14H2,1-2H3,(H2,24,28)(H,25,29). The average molecular weight is 439 g/mol. The first kappa shape index (κ1) is 22.6. The summed E-state index contributed by atoms with van der Waals surface area (Å²) in [5, 5.41) is 6.93. The van der Waals surface area contributed by atoms with Crippen LogP contribution < -0.4 is 11.1 Å². The summed E-state index contributed by atoms with van der Waals surface area (Å²) in [6, 6.07) is 15.5. The van der Waals surface area contributed by atoms with Crippen molar-refractivity contribution in [1.82, 2.24) is 10.1 Å². The van der Waals surface area contributed by atoms with E-state index < -0.39 is 0 Å². The minimum absolute atomic E-state index is 0.149. The summed E-state index contributed by atoms with van der Waals surface area (Å²) in [5.74, 6) is 1.46. The van der Waals surface area contributed by atoms with Crippen molar-refractivity contribution in [1.29, 1.82) is 0 Å². The molecule has 0 atom stereocenters. The highest BCUT2D eigenvalue weighted by Gasteiger charge is 2.13. The topological polar surface area (TPSA) is 111 Å². The third kappa shape index (κ3) is 6.68. The fourth-order valence-corrected chi connectivity index (χ4v) is 3.85. The molecule has 31 heavy (non-hydrogen) atoms. The van der Waals surface area contributed by atoms with Crippen molar-refractivity contribution < 1.29 is 14.1 Å². The zero-order valence-electron chi connectivity index (χ0n) is 17.6. The van der Waals surface area contributed by atoms with Gasteiger partial charge in [0.05, 0.1) is 5.69 Å². The molecule has 0 spiro atoms. The molecule has 3 N–H and O–H groups in total. The summed E-state index contributed by atoms with van der Waals surface area (Å²) in [7, 11) is 0. The molecule has 0 saturated carbocycles. The fraction of sp³-hybridized carbons (Fsp3) is 0.304. The Balaban J connectivity index is 1.54. The molecule has 0 saturated heterocycles. The summed E-state index contributed by atoms with van der Waals surface area (Å²) in [6.45, 7) is 4.29. The lowest BCUT2D eigenvalue weighted by Crippen LogP contribution is -2.13. The quantitative estimate of drug-likeness (QED) is 0.454. The van der Waals surface area contributed by atoms with E-state index in [9.17, 15) is 9.59 Å². The zero-order chi connectivity index (χ0) is 22.2. The van der Waals surface area contributed by atoms with E-state index in [-0.39, 0.29) is 24.7 Å². The van der Waals surface area contributed by atoms with Gasteiger partial charge in [0, 0.05) is 35.5 Å². The van der Waals surface area contributed by atoms with Gasteiger partial charge < -0.3 is 15.6 Å². The molecular weight excluding hydrogens is 412 g/mol. The number of para-hydroxylation sites is 1. The number of aryl methyl sites for hydroxylation is 1. The van der Waals surface area contributed by atoms with Crippen LogP contribution in [0.25, 0.3) is 11.4 Å². The van der Waals surface area contributed by atoms with Gasteiger partial charge in [0.25, 0.3) is 0 Å². The predicted octanol–water partition coefficient (Wildman–Crippen LogP) is 4.40. The highest BCUT2D eigenvalue weighted by atomic mass is 32.2. The van der Waals surface area contributed by atoms with Gasteiger partial charge in [-0.3, -0.25) is 9.59 Å². The number of amides is 2. The third-order valence-corrected chi connectivity index (χ3v) is 5.71. The lowest BCUT2D eigenvalue weighted by molar-refractivity contribution is -0.118. The van der Waals surface area contributed by atoms with Crippen LogP contribution in [0.4, 0.5) is 5.69 Å². The van der Waals surface area contributed by atoms with Gasteiger partial charge in [-0.2, -0.15) is 4.98 Å². The van der Waals surface area contributed by atoms with E-state index in [1.165, 1.54) is 17.3 Å². The monoisotopic (exact) mass is 438 g/mol. The number of rotatable bonds is 10. The minimum Gasteiger partial charge on any atom is -0.370 e. The van der Waals surface area contributed by atoms with E-state index in [1.807, 2.05) is 36.4 Å². The predicted molar refractivity (Wildman–Crippen MR) is 122 cm³/mol. The number of carbonyl (C=O) groups excluding carboxylic acids is 2. The van der Waals surface area contributed by atoms with Crippen molar-refractivity contribution in [2.45, 2.75) is 43.9 Å². The average Bonchev–Trinajstić information content (AvgIpc) is 3.22. The van der Waals surface area contributed by atoms with Crippen molar-refractivity contribution in [3.05, 3.63) is 60.0 Å². The number of benzene rings is 2. The molecule has 0 unspecified atom stereocenters. The van der Waals surface area contributed by atoms with Gasteiger partial charge in [0.2, 0.25) is 23.5 Å². The number of hydrogen-bond donors (Lipinski definition) is 2. The number of hydrogen-bond acceptors (Lipinski definition) is 6. The zero-order valence-corrected chi connectivity index (χ0v) is 18.4. The molecule has 8 heteroatoms. The maximum Gasteiger partial charge on any atom is 0.227 e.